The zero-order chi connectivity index (χ0) is 20.2. The summed E-state index contributed by atoms with van der Waals surface area (Å²) in [5.41, 5.74) is 1.18. The van der Waals surface area contributed by atoms with Crippen LogP contribution in [0.5, 0.6) is 5.75 Å². The van der Waals surface area contributed by atoms with Crippen molar-refractivity contribution in [3.05, 3.63) is 65.3 Å². The molecule has 1 saturated heterocycles. The fraction of sp³-hybridized carbons (Fsp3) is 0.350. The Kier molecular flexibility index (Phi) is 5.86. The number of piperazine rings is 1. The highest BCUT2D eigenvalue weighted by Crippen LogP contribution is 2.23. The molecule has 0 unspecified atom stereocenters. The van der Waals surface area contributed by atoms with E-state index in [1.165, 1.54) is 11.8 Å². The summed E-state index contributed by atoms with van der Waals surface area (Å²) in [6.07, 6.45) is 3.06. The van der Waals surface area contributed by atoms with Crippen molar-refractivity contribution in [1.82, 2.24) is 19.7 Å². The fourth-order valence-electron chi connectivity index (χ4n) is 3.25. The molecule has 152 valence electrons. The third kappa shape index (κ3) is 4.63. The first-order valence-electron chi connectivity index (χ1n) is 9.46. The van der Waals surface area contributed by atoms with E-state index in [0.717, 1.165) is 26.2 Å². The van der Waals surface area contributed by atoms with Gasteiger partial charge in [-0.05, 0) is 43.4 Å². The van der Waals surface area contributed by atoms with Gasteiger partial charge in [0.2, 0.25) is 0 Å². The van der Waals surface area contributed by atoms with Gasteiger partial charge in [0.25, 0.3) is 10.7 Å². The van der Waals surface area contributed by atoms with E-state index in [1.807, 2.05) is 24.5 Å². The predicted molar refractivity (Wildman–Crippen MR) is 109 cm³/mol. The second-order valence-corrected chi connectivity index (χ2v) is 7.20. The number of ether oxygens (including phenoxy) is 1. The van der Waals surface area contributed by atoms with Crippen LogP contribution in [0.2, 0.25) is 0 Å². The van der Waals surface area contributed by atoms with E-state index in [-0.39, 0.29) is 10.6 Å². The number of para-hydroxylation sites is 1. The normalized spacial score (nSPS) is 16.0. The Hall–Kier alpha value is -2.78. The Bertz CT molecular complexity index is 1000. The number of hydrogen-bond acceptors (Lipinski definition) is 7. The zero-order valence-corrected chi connectivity index (χ0v) is 16.9. The number of halogens is 1. The second kappa shape index (κ2) is 8.71. The minimum Gasteiger partial charge on any atom is -0.478 e. The Labute approximate surface area is 173 Å². The molecule has 0 saturated carbocycles. The molecule has 0 bridgehead atoms. The van der Waals surface area contributed by atoms with Crippen LogP contribution < -0.4 is 9.64 Å². The van der Waals surface area contributed by atoms with Crippen LogP contribution >= 0.6 is 12.2 Å². The summed E-state index contributed by atoms with van der Waals surface area (Å²) in [6.45, 7) is 5.88. The molecular formula is C20H22FN5O2S. The molecule has 1 aliphatic rings. The summed E-state index contributed by atoms with van der Waals surface area (Å²) in [5, 5.41) is 4.44. The molecule has 1 aliphatic heterocycles. The van der Waals surface area contributed by atoms with Gasteiger partial charge in [0.15, 0.2) is 17.7 Å². The van der Waals surface area contributed by atoms with E-state index < -0.39 is 11.9 Å². The van der Waals surface area contributed by atoms with Gasteiger partial charge in [-0.3, -0.25) is 9.88 Å². The summed E-state index contributed by atoms with van der Waals surface area (Å²) in [5.74, 6) is 0.0565. The fourth-order valence-corrected chi connectivity index (χ4v) is 3.43. The van der Waals surface area contributed by atoms with E-state index >= 15 is 0 Å². The van der Waals surface area contributed by atoms with Crippen molar-refractivity contribution in [3.8, 4) is 5.75 Å². The minimum absolute atomic E-state index is 0.155. The number of benzene rings is 1. The standard InChI is InChI=1S/C20H22FN5O2S/c1-15(27-18-5-3-2-4-17(18)21)19-23-26(20(29)28-19)14-24-10-12-25(13-11-24)16-6-8-22-9-7-16/h2-9,15H,10-14H2,1H3/t15-/m1/s1. The Morgan fingerprint density at radius 2 is 1.86 bits per heavy atom. The lowest BCUT2D eigenvalue weighted by Gasteiger charge is -2.35. The van der Waals surface area contributed by atoms with Crippen molar-refractivity contribution in [2.24, 2.45) is 0 Å². The number of aromatic nitrogens is 3. The van der Waals surface area contributed by atoms with Gasteiger partial charge in [0.1, 0.15) is 0 Å². The first kappa shape index (κ1) is 19.5. The first-order chi connectivity index (χ1) is 14.1. The molecule has 2 aromatic heterocycles. The van der Waals surface area contributed by atoms with Crippen molar-refractivity contribution in [3.63, 3.8) is 0 Å². The van der Waals surface area contributed by atoms with Crippen LogP contribution in [0.4, 0.5) is 10.1 Å². The number of anilines is 1. The van der Waals surface area contributed by atoms with Gasteiger partial charge in [0.05, 0.1) is 6.67 Å². The number of hydrogen-bond donors (Lipinski definition) is 0. The van der Waals surface area contributed by atoms with Gasteiger partial charge in [-0.2, -0.15) is 0 Å². The monoisotopic (exact) mass is 415 g/mol. The highest BCUT2D eigenvalue weighted by molar-refractivity contribution is 7.71. The quantitative estimate of drug-likeness (QED) is 0.570. The van der Waals surface area contributed by atoms with Gasteiger partial charge in [-0.25, -0.2) is 9.07 Å². The van der Waals surface area contributed by atoms with Crippen molar-refractivity contribution in [1.29, 1.82) is 0 Å². The van der Waals surface area contributed by atoms with E-state index in [4.69, 9.17) is 21.4 Å². The highest BCUT2D eigenvalue weighted by atomic mass is 32.1. The average molecular weight is 415 g/mol. The molecule has 29 heavy (non-hydrogen) atoms. The van der Waals surface area contributed by atoms with Crippen molar-refractivity contribution in [2.75, 3.05) is 31.1 Å². The molecular weight excluding hydrogens is 393 g/mol. The largest absolute Gasteiger partial charge is 0.478 e. The zero-order valence-electron chi connectivity index (χ0n) is 16.1. The summed E-state index contributed by atoms with van der Waals surface area (Å²) in [6, 6.07) is 10.3. The van der Waals surface area contributed by atoms with Crippen molar-refractivity contribution in [2.45, 2.75) is 19.7 Å². The molecule has 3 heterocycles. The molecule has 1 fully saturated rings. The van der Waals surface area contributed by atoms with Crippen LogP contribution in [0.15, 0.2) is 53.2 Å². The lowest BCUT2D eigenvalue weighted by atomic mass is 10.3. The topological polar surface area (TPSA) is 59.6 Å². The molecule has 0 radical (unpaired) electrons. The average Bonchev–Trinajstić information content (AvgIpc) is 3.11. The molecule has 4 rings (SSSR count). The van der Waals surface area contributed by atoms with Crippen LogP contribution in [0.25, 0.3) is 0 Å². The van der Waals surface area contributed by atoms with Gasteiger partial charge in [-0.15, -0.1) is 5.10 Å². The van der Waals surface area contributed by atoms with Gasteiger partial charge in [0, 0.05) is 44.3 Å². The minimum atomic E-state index is -0.557. The van der Waals surface area contributed by atoms with Crippen LogP contribution in [-0.2, 0) is 6.67 Å². The van der Waals surface area contributed by atoms with Gasteiger partial charge >= 0.3 is 0 Å². The Morgan fingerprint density at radius 3 is 2.59 bits per heavy atom. The SMILES string of the molecule is C[C@@H](Oc1ccccc1F)c1nn(CN2CCN(c3ccncc3)CC2)c(=S)o1. The summed E-state index contributed by atoms with van der Waals surface area (Å²) in [4.78, 5) is 8.94. The Morgan fingerprint density at radius 1 is 1.14 bits per heavy atom. The summed E-state index contributed by atoms with van der Waals surface area (Å²) < 4.78 is 26.7. The third-order valence-corrected chi connectivity index (χ3v) is 5.14. The Balaban J connectivity index is 1.36. The molecule has 0 aliphatic carbocycles. The highest BCUT2D eigenvalue weighted by Gasteiger charge is 2.21. The predicted octanol–water partition coefficient (Wildman–Crippen LogP) is 3.66. The molecule has 1 atom stereocenters. The summed E-state index contributed by atoms with van der Waals surface area (Å²) >= 11 is 5.31. The van der Waals surface area contributed by atoms with Crippen molar-refractivity contribution >= 4 is 17.9 Å². The molecule has 3 aromatic rings. The summed E-state index contributed by atoms with van der Waals surface area (Å²) in [7, 11) is 0. The van der Waals surface area contributed by atoms with E-state index in [1.54, 1.807) is 29.8 Å². The molecule has 9 heteroatoms. The van der Waals surface area contributed by atoms with Crippen LogP contribution in [0.1, 0.15) is 18.9 Å². The number of pyridine rings is 1. The maximum Gasteiger partial charge on any atom is 0.288 e. The lowest BCUT2D eigenvalue weighted by Crippen LogP contribution is -2.47. The molecule has 0 N–H and O–H groups in total. The molecule has 1 aromatic carbocycles. The van der Waals surface area contributed by atoms with Crippen LogP contribution in [-0.4, -0.2) is 45.8 Å². The number of rotatable bonds is 6. The van der Waals surface area contributed by atoms with E-state index in [9.17, 15) is 4.39 Å². The van der Waals surface area contributed by atoms with Gasteiger partial charge in [-0.1, -0.05) is 12.1 Å². The van der Waals surface area contributed by atoms with E-state index in [2.05, 4.69) is 19.9 Å². The third-order valence-electron chi connectivity index (χ3n) is 4.84. The molecule has 0 amide bonds. The van der Waals surface area contributed by atoms with Crippen LogP contribution in [0, 0.1) is 10.7 Å². The number of nitrogens with zero attached hydrogens (tertiary/aromatic N) is 5. The molecule has 7 nitrogen and oxygen atoms in total. The van der Waals surface area contributed by atoms with Crippen molar-refractivity contribution < 1.29 is 13.5 Å². The lowest BCUT2D eigenvalue weighted by molar-refractivity contribution is 0.178. The van der Waals surface area contributed by atoms with Gasteiger partial charge < -0.3 is 14.1 Å². The molecule has 0 spiro atoms. The van der Waals surface area contributed by atoms with Crippen LogP contribution in [0.3, 0.4) is 0 Å². The second-order valence-electron chi connectivity index (χ2n) is 6.85. The maximum absolute atomic E-state index is 13.8. The van der Waals surface area contributed by atoms with E-state index in [0.29, 0.717) is 12.6 Å². The smallest absolute Gasteiger partial charge is 0.288 e. The maximum atomic E-state index is 13.8. The first-order valence-corrected chi connectivity index (χ1v) is 9.87.